The van der Waals surface area contributed by atoms with Crippen molar-refractivity contribution in [2.45, 2.75) is 0 Å². The highest BCUT2D eigenvalue weighted by Gasteiger charge is 2.08. The third-order valence-corrected chi connectivity index (χ3v) is 2.32. The summed E-state index contributed by atoms with van der Waals surface area (Å²) in [5.74, 6) is -0.00675. The fourth-order valence-electron chi connectivity index (χ4n) is 1.22. The molecule has 0 aliphatic heterocycles. The molecule has 2 heterocycles. The Labute approximate surface area is 108 Å². The lowest BCUT2D eigenvalue weighted by Gasteiger charge is -2.03. The summed E-state index contributed by atoms with van der Waals surface area (Å²) in [6.45, 7) is 0. The summed E-state index contributed by atoms with van der Waals surface area (Å²) < 4.78 is 0. The van der Waals surface area contributed by atoms with Gasteiger partial charge in [-0.05, 0) is 12.1 Å². The molecule has 0 bridgehead atoms. The van der Waals surface area contributed by atoms with Crippen molar-refractivity contribution in [1.82, 2.24) is 15.0 Å². The molecule has 0 saturated carbocycles. The Hall–Kier alpha value is -2.41. The molecule has 2 aromatic heterocycles. The Morgan fingerprint density at radius 2 is 2.06 bits per heavy atom. The highest BCUT2D eigenvalue weighted by atomic mass is 32.1. The van der Waals surface area contributed by atoms with Gasteiger partial charge in [0.25, 0.3) is 5.91 Å². The molecule has 0 fully saturated rings. The number of nitrogens with one attached hydrogen (secondary N) is 1. The van der Waals surface area contributed by atoms with E-state index in [-0.39, 0.29) is 16.6 Å². The Morgan fingerprint density at radius 3 is 2.61 bits per heavy atom. The van der Waals surface area contributed by atoms with Crippen molar-refractivity contribution >= 4 is 28.9 Å². The Bertz CT molecular complexity index is 570. The van der Waals surface area contributed by atoms with Gasteiger partial charge in [-0.25, -0.2) is 4.98 Å². The van der Waals surface area contributed by atoms with Gasteiger partial charge in [0.2, 0.25) is 0 Å². The quantitative estimate of drug-likeness (QED) is 0.790. The van der Waals surface area contributed by atoms with Crippen molar-refractivity contribution in [3.05, 3.63) is 48.2 Å². The number of pyridine rings is 1. The molecule has 2 aromatic rings. The van der Waals surface area contributed by atoms with Crippen LogP contribution in [-0.2, 0) is 0 Å². The van der Waals surface area contributed by atoms with Gasteiger partial charge in [-0.15, -0.1) is 0 Å². The van der Waals surface area contributed by atoms with E-state index in [1.165, 1.54) is 24.8 Å². The molecule has 0 spiro atoms. The van der Waals surface area contributed by atoms with Crippen molar-refractivity contribution < 1.29 is 4.79 Å². The predicted molar refractivity (Wildman–Crippen MR) is 70.1 cm³/mol. The van der Waals surface area contributed by atoms with Gasteiger partial charge in [0.15, 0.2) is 5.82 Å². The minimum atomic E-state index is -0.370. The van der Waals surface area contributed by atoms with Crippen molar-refractivity contribution in [2.75, 3.05) is 5.32 Å². The monoisotopic (exact) mass is 259 g/mol. The molecule has 3 N–H and O–H groups in total. The number of nitrogens with two attached hydrogens (primary N) is 1. The predicted octanol–water partition coefficient (Wildman–Crippen LogP) is 0.758. The average Bonchev–Trinajstić information content (AvgIpc) is 2.40. The van der Waals surface area contributed by atoms with Crippen LogP contribution in [0.1, 0.15) is 16.1 Å². The second-order valence-electron chi connectivity index (χ2n) is 3.34. The summed E-state index contributed by atoms with van der Waals surface area (Å²) in [5, 5.41) is 2.57. The summed E-state index contributed by atoms with van der Waals surface area (Å²) in [4.78, 5) is 23.8. The van der Waals surface area contributed by atoms with Gasteiger partial charge in [-0.3, -0.25) is 14.8 Å². The van der Waals surface area contributed by atoms with Crippen molar-refractivity contribution in [1.29, 1.82) is 0 Å². The molecule has 90 valence electrons. The van der Waals surface area contributed by atoms with Crippen molar-refractivity contribution in [3.8, 4) is 0 Å². The molecule has 0 aromatic carbocycles. The zero-order chi connectivity index (χ0) is 13.0. The summed E-state index contributed by atoms with van der Waals surface area (Å²) in [6.07, 6.45) is 5.90. The number of amides is 1. The number of rotatable bonds is 3. The molecule has 18 heavy (non-hydrogen) atoms. The molecule has 0 unspecified atom stereocenters. The van der Waals surface area contributed by atoms with E-state index in [9.17, 15) is 4.79 Å². The van der Waals surface area contributed by atoms with Gasteiger partial charge in [0, 0.05) is 24.2 Å². The highest BCUT2D eigenvalue weighted by Crippen LogP contribution is 2.04. The zero-order valence-electron chi connectivity index (χ0n) is 9.20. The third kappa shape index (κ3) is 2.83. The van der Waals surface area contributed by atoms with E-state index in [1.54, 1.807) is 12.1 Å². The van der Waals surface area contributed by atoms with Crippen LogP contribution in [0.5, 0.6) is 0 Å². The number of thiocarbonyl (C=S) groups is 1. The highest BCUT2D eigenvalue weighted by molar-refractivity contribution is 7.80. The van der Waals surface area contributed by atoms with E-state index in [0.29, 0.717) is 11.4 Å². The van der Waals surface area contributed by atoms with Gasteiger partial charge >= 0.3 is 0 Å². The van der Waals surface area contributed by atoms with Crippen LogP contribution in [0.4, 0.5) is 5.82 Å². The van der Waals surface area contributed by atoms with Crippen LogP contribution < -0.4 is 11.1 Å². The Kier molecular flexibility index (Phi) is 3.54. The molecule has 6 nitrogen and oxygen atoms in total. The third-order valence-electron chi connectivity index (χ3n) is 2.09. The summed E-state index contributed by atoms with van der Waals surface area (Å²) in [5.41, 5.74) is 6.30. The molecular weight excluding hydrogens is 250 g/mol. The van der Waals surface area contributed by atoms with E-state index in [1.807, 2.05) is 0 Å². The molecule has 0 atom stereocenters. The lowest BCUT2D eigenvalue weighted by atomic mass is 10.2. The first-order valence-corrected chi connectivity index (χ1v) is 5.41. The Balaban J connectivity index is 2.12. The first-order chi connectivity index (χ1) is 8.66. The van der Waals surface area contributed by atoms with Crippen LogP contribution in [-0.4, -0.2) is 25.8 Å². The molecule has 0 saturated heterocycles. The number of anilines is 1. The number of hydrogen-bond acceptors (Lipinski definition) is 5. The number of aromatic nitrogens is 3. The number of carbonyl (C=O) groups is 1. The van der Waals surface area contributed by atoms with E-state index < -0.39 is 0 Å². The van der Waals surface area contributed by atoms with Crippen LogP contribution in [0.15, 0.2) is 36.9 Å². The maximum atomic E-state index is 11.8. The molecule has 1 amide bonds. The van der Waals surface area contributed by atoms with Gasteiger partial charge in [0.05, 0.1) is 6.20 Å². The maximum Gasteiger partial charge on any atom is 0.275 e. The smallest absolute Gasteiger partial charge is 0.275 e. The second kappa shape index (κ2) is 5.28. The van der Waals surface area contributed by atoms with Gasteiger partial charge < -0.3 is 11.1 Å². The lowest BCUT2D eigenvalue weighted by molar-refractivity contribution is 0.102. The van der Waals surface area contributed by atoms with Gasteiger partial charge in [-0.1, -0.05) is 12.2 Å². The van der Waals surface area contributed by atoms with Crippen LogP contribution in [0.2, 0.25) is 0 Å². The van der Waals surface area contributed by atoms with Crippen molar-refractivity contribution in [3.63, 3.8) is 0 Å². The molecule has 0 aliphatic rings. The molecule has 0 radical (unpaired) electrons. The lowest BCUT2D eigenvalue weighted by Crippen LogP contribution is -2.16. The average molecular weight is 259 g/mol. The maximum absolute atomic E-state index is 11.8. The zero-order valence-corrected chi connectivity index (χ0v) is 10.0. The van der Waals surface area contributed by atoms with Crippen molar-refractivity contribution in [2.24, 2.45) is 5.73 Å². The first-order valence-electron chi connectivity index (χ1n) is 5.00. The van der Waals surface area contributed by atoms with E-state index >= 15 is 0 Å². The summed E-state index contributed by atoms with van der Waals surface area (Å²) >= 11 is 4.79. The van der Waals surface area contributed by atoms with E-state index in [0.717, 1.165) is 0 Å². The first kappa shape index (κ1) is 12.1. The number of hydrogen-bond donors (Lipinski definition) is 2. The molecular formula is C11H9N5OS. The standard InChI is InChI=1S/C11H9N5OS/c12-10(18)7-1-2-8(15-5-7)11(17)16-9-6-13-3-4-14-9/h1-6H,(H2,12,18)(H,14,16,17). The van der Waals surface area contributed by atoms with E-state index in [4.69, 9.17) is 18.0 Å². The van der Waals surface area contributed by atoms with Crippen LogP contribution in [0.3, 0.4) is 0 Å². The van der Waals surface area contributed by atoms with E-state index in [2.05, 4.69) is 20.3 Å². The fraction of sp³-hybridized carbons (Fsp3) is 0. The van der Waals surface area contributed by atoms with Gasteiger partial charge in [-0.2, -0.15) is 0 Å². The number of nitrogens with zero attached hydrogens (tertiary/aromatic N) is 3. The SMILES string of the molecule is NC(=S)c1ccc(C(=O)Nc2cnccn2)nc1. The largest absolute Gasteiger partial charge is 0.389 e. The van der Waals surface area contributed by atoms with Gasteiger partial charge in [0.1, 0.15) is 10.7 Å². The fourth-order valence-corrected chi connectivity index (χ4v) is 1.34. The molecule has 0 aliphatic carbocycles. The van der Waals surface area contributed by atoms with Crippen LogP contribution in [0.25, 0.3) is 0 Å². The Morgan fingerprint density at radius 1 is 1.22 bits per heavy atom. The topological polar surface area (TPSA) is 93.8 Å². The summed E-state index contributed by atoms with van der Waals surface area (Å²) in [7, 11) is 0. The minimum Gasteiger partial charge on any atom is -0.389 e. The minimum absolute atomic E-state index is 0.239. The second-order valence-corrected chi connectivity index (χ2v) is 3.78. The summed E-state index contributed by atoms with van der Waals surface area (Å²) in [6, 6.07) is 3.18. The van der Waals surface area contributed by atoms with Crippen LogP contribution in [0, 0.1) is 0 Å². The van der Waals surface area contributed by atoms with Crippen LogP contribution >= 0.6 is 12.2 Å². The molecule has 2 rings (SSSR count). The molecule has 7 heteroatoms. The normalized spacial score (nSPS) is 9.78. The number of carbonyl (C=O) groups excluding carboxylic acids is 1.